The summed E-state index contributed by atoms with van der Waals surface area (Å²) in [5.74, 6) is -0.774. The highest BCUT2D eigenvalue weighted by Gasteiger charge is 2.27. The largest absolute Gasteiger partial charge is 0.472 e. The van der Waals surface area contributed by atoms with Crippen molar-refractivity contribution in [3.63, 3.8) is 0 Å². The van der Waals surface area contributed by atoms with Crippen LogP contribution in [0.2, 0.25) is 0 Å². The molecule has 2 unspecified atom stereocenters. The Labute approximate surface area is 535 Å². The summed E-state index contributed by atoms with van der Waals surface area (Å²) in [5.41, 5.74) is 0. The highest BCUT2D eigenvalue weighted by atomic mass is 31.2. The van der Waals surface area contributed by atoms with Crippen LogP contribution in [0.4, 0.5) is 0 Å². The zero-order chi connectivity index (χ0) is 62.6. The second-order valence-corrected chi connectivity index (χ2v) is 28.5. The van der Waals surface area contributed by atoms with Crippen molar-refractivity contribution in [1.29, 1.82) is 0 Å². The quantitative estimate of drug-likeness (QED) is 0.0211. The zero-order valence-electron chi connectivity index (χ0n) is 58.1. The molecule has 0 aliphatic heterocycles. The molecule has 0 aliphatic carbocycles. The van der Waals surface area contributed by atoms with E-state index in [9.17, 15) is 19.0 Å². The summed E-state index contributed by atoms with van der Waals surface area (Å²) in [5, 5.41) is 0. The van der Waals surface area contributed by atoms with Crippen LogP contribution in [0.25, 0.3) is 0 Å². The number of quaternary nitrogens is 1. The Balaban J connectivity index is 3.94. The summed E-state index contributed by atoms with van der Waals surface area (Å²) >= 11 is 0. The molecule has 508 valence electrons. The van der Waals surface area contributed by atoms with E-state index in [-0.39, 0.29) is 25.6 Å². The number of ether oxygens (including phenoxy) is 2. The number of esters is 2. The van der Waals surface area contributed by atoms with E-state index in [1.54, 1.807) is 0 Å². The van der Waals surface area contributed by atoms with E-state index in [1.165, 1.54) is 315 Å². The van der Waals surface area contributed by atoms with Crippen LogP contribution in [0.1, 0.15) is 386 Å². The van der Waals surface area contributed by atoms with Crippen LogP contribution < -0.4 is 0 Å². The Morgan fingerprint density at radius 3 is 0.930 bits per heavy atom. The predicted octanol–water partition coefficient (Wildman–Crippen LogP) is 24.6. The summed E-state index contributed by atoms with van der Waals surface area (Å²) in [7, 11) is 1.50. The average molecular weight is 1230 g/mol. The molecule has 0 saturated carbocycles. The number of nitrogens with zero attached hydrogens (tertiary/aromatic N) is 1. The normalized spacial score (nSPS) is 13.2. The Kier molecular flexibility index (Phi) is 66.2. The molecule has 0 spiro atoms. The monoisotopic (exact) mass is 1230 g/mol. The van der Waals surface area contributed by atoms with E-state index in [0.29, 0.717) is 23.9 Å². The molecule has 10 heteroatoms. The first-order chi connectivity index (χ1) is 42.0. The molecule has 0 fully saturated rings. The van der Waals surface area contributed by atoms with Gasteiger partial charge >= 0.3 is 19.8 Å². The molecular formula is C76H147NO8P+. The van der Waals surface area contributed by atoms with Crippen molar-refractivity contribution in [3.05, 3.63) is 36.5 Å². The van der Waals surface area contributed by atoms with Crippen LogP contribution in [0, 0.1) is 0 Å². The van der Waals surface area contributed by atoms with Crippen LogP contribution >= 0.6 is 7.82 Å². The Morgan fingerprint density at radius 2 is 0.628 bits per heavy atom. The first-order valence-corrected chi connectivity index (χ1v) is 39.2. The van der Waals surface area contributed by atoms with Gasteiger partial charge in [0, 0.05) is 12.8 Å². The predicted molar refractivity (Wildman–Crippen MR) is 372 cm³/mol. The van der Waals surface area contributed by atoms with Crippen LogP contribution in [-0.4, -0.2) is 74.9 Å². The maximum atomic E-state index is 12.9. The van der Waals surface area contributed by atoms with E-state index in [4.69, 9.17) is 18.5 Å². The minimum Gasteiger partial charge on any atom is -0.462 e. The summed E-state index contributed by atoms with van der Waals surface area (Å²) in [6.07, 6.45) is 87.0. The van der Waals surface area contributed by atoms with E-state index < -0.39 is 26.5 Å². The molecule has 0 saturated heterocycles. The van der Waals surface area contributed by atoms with E-state index >= 15 is 0 Å². The fraction of sp³-hybridized carbons (Fsp3) is 0.895. The van der Waals surface area contributed by atoms with E-state index in [1.807, 2.05) is 21.1 Å². The number of carbonyl (C=O) groups excluding carboxylic acids is 2. The van der Waals surface area contributed by atoms with Gasteiger partial charge in [0.2, 0.25) is 0 Å². The summed E-state index contributed by atoms with van der Waals surface area (Å²) in [6, 6.07) is 0. The Morgan fingerprint density at radius 1 is 0.360 bits per heavy atom. The first-order valence-electron chi connectivity index (χ1n) is 37.7. The molecule has 0 rings (SSSR count). The standard InChI is InChI=1S/C76H146NO8P/c1-6-8-10-12-14-16-18-20-22-24-26-28-30-32-34-35-36-37-38-39-40-41-43-45-47-49-51-53-55-57-59-61-63-65-67-69-76(79)85-74(73-84-86(80,81)83-71-70-77(3,4)5)72-82-75(78)68-66-64-62-60-58-56-54-52-50-48-46-44-42-33-31-29-27-25-23-21-19-17-15-13-11-9-7-2/h18,20,24-27,74H,6-17,19,21-23,28-73H2,1-5H3/p+1/b20-18-,26-24-,27-25-. The number of rotatable bonds is 71. The van der Waals surface area contributed by atoms with Crippen molar-refractivity contribution < 1.29 is 42.1 Å². The summed E-state index contributed by atoms with van der Waals surface area (Å²) in [4.78, 5) is 35.9. The topological polar surface area (TPSA) is 108 Å². The van der Waals surface area contributed by atoms with Crippen molar-refractivity contribution in [3.8, 4) is 0 Å². The molecule has 0 aromatic rings. The minimum atomic E-state index is -4.39. The lowest BCUT2D eigenvalue weighted by atomic mass is 10.0. The van der Waals surface area contributed by atoms with Crippen molar-refractivity contribution in [2.75, 3.05) is 47.5 Å². The Hall–Kier alpha value is -1.77. The minimum absolute atomic E-state index is 0.0349. The number of phosphoric acid groups is 1. The second-order valence-electron chi connectivity index (χ2n) is 27.0. The lowest BCUT2D eigenvalue weighted by Crippen LogP contribution is -2.37. The van der Waals surface area contributed by atoms with Gasteiger partial charge in [-0.25, -0.2) is 4.57 Å². The van der Waals surface area contributed by atoms with Gasteiger partial charge in [-0.05, 0) is 70.6 Å². The molecule has 86 heavy (non-hydrogen) atoms. The van der Waals surface area contributed by atoms with Gasteiger partial charge in [0.05, 0.1) is 27.7 Å². The fourth-order valence-electron chi connectivity index (χ4n) is 11.3. The number of unbranched alkanes of at least 4 members (excludes halogenated alkanes) is 51. The molecule has 0 radical (unpaired) electrons. The third kappa shape index (κ3) is 71.3. The molecule has 0 bridgehead atoms. The number of carbonyl (C=O) groups is 2. The van der Waals surface area contributed by atoms with Gasteiger partial charge < -0.3 is 18.9 Å². The molecule has 0 heterocycles. The van der Waals surface area contributed by atoms with Crippen molar-refractivity contribution in [1.82, 2.24) is 0 Å². The number of allylic oxidation sites excluding steroid dienone is 6. The number of hydrogen-bond acceptors (Lipinski definition) is 7. The molecular weight excluding hydrogens is 1090 g/mol. The summed E-state index contributed by atoms with van der Waals surface area (Å²) in [6.45, 7) is 4.50. The number of hydrogen-bond donors (Lipinski definition) is 1. The maximum Gasteiger partial charge on any atom is 0.472 e. The number of likely N-dealkylation sites (N-methyl/N-ethyl adjacent to an activating group) is 1. The highest BCUT2D eigenvalue weighted by Crippen LogP contribution is 2.43. The average Bonchev–Trinajstić information content (AvgIpc) is 3.56. The van der Waals surface area contributed by atoms with Crippen LogP contribution in [0.5, 0.6) is 0 Å². The second kappa shape index (κ2) is 67.6. The van der Waals surface area contributed by atoms with Gasteiger partial charge in [-0.2, -0.15) is 0 Å². The summed E-state index contributed by atoms with van der Waals surface area (Å²) < 4.78 is 34.8. The third-order valence-electron chi connectivity index (χ3n) is 17.1. The van der Waals surface area contributed by atoms with Crippen LogP contribution in [-0.2, 0) is 32.7 Å². The highest BCUT2D eigenvalue weighted by molar-refractivity contribution is 7.47. The molecule has 2 atom stereocenters. The van der Waals surface area contributed by atoms with Gasteiger partial charge in [-0.3, -0.25) is 18.6 Å². The van der Waals surface area contributed by atoms with Crippen molar-refractivity contribution >= 4 is 19.8 Å². The van der Waals surface area contributed by atoms with Gasteiger partial charge in [0.1, 0.15) is 19.8 Å². The molecule has 9 nitrogen and oxygen atoms in total. The fourth-order valence-corrected chi connectivity index (χ4v) is 12.1. The van der Waals surface area contributed by atoms with Gasteiger partial charge in [-0.1, -0.05) is 339 Å². The zero-order valence-corrected chi connectivity index (χ0v) is 59.0. The van der Waals surface area contributed by atoms with Gasteiger partial charge in [0.25, 0.3) is 0 Å². The maximum absolute atomic E-state index is 12.9. The number of phosphoric ester groups is 1. The van der Waals surface area contributed by atoms with Crippen molar-refractivity contribution in [2.24, 2.45) is 0 Å². The van der Waals surface area contributed by atoms with E-state index in [2.05, 4.69) is 50.3 Å². The molecule has 0 aromatic carbocycles. The smallest absolute Gasteiger partial charge is 0.462 e. The molecule has 0 amide bonds. The van der Waals surface area contributed by atoms with Crippen molar-refractivity contribution in [2.45, 2.75) is 392 Å². The SMILES string of the molecule is CCCCCCC/C=C\C/C=C\CCCCCCCCCCCCCCCCCCCCCCCCCC(=O)OC(COC(=O)CCCCCCCCCCCCCCCCC/C=C\CCCCCCCCCC)COP(=O)(O)OCC[N+](C)(C)C. The third-order valence-corrected chi connectivity index (χ3v) is 18.1. The van der Waals surface area contributed by atoms with Gasteiger partial charge in [-0.15, -0.1) is 0 Å². The lowest BCUT2D eigenvalue weighted by molar-refractivity contribution is -0.870. The molecule has 0 aromatic heterocycles. The van der Waals surface area contributed by atoms with E-state index in [0.717, 1.165) is 38.5 Å². The molecule has 0 aliphatic rings. The van der Waals surface area contributed by atoms with Crippen LogP contribution in [0.3, 0.4) is 0 Å². The molecule has 1 N–H and O–H groups in total. The first kappa shape index (κ1) is 84.2. The van der Waals surface area contributed by atoms with Crippen LogP contribution in [0.15, 0.2) is 36.5 Å². The lowest BCUT2D eigenvalue weighted by Gasteiger charge is -2.24. The van der Waals surface area contributed by atoms with Gasteiger partial charge in [0.15, 0.2) is 6.10 Å². The Bertz CT molecular complexity index is 1540.